The lowest BCUT2D eigenvalue weighted by atomic mass is 10.1. The van der Waals surface area contributed by atoms with E-state index in [1.165, 1.54) is 12.0 Å². The molecule has 146 valence electrons. The zero-order valence-corrected chi connectivity index (χ0v) is 15.8. The van der Waals surface area contributed by atoms with Gasteiger partial charge < -0.3 is 18.9 Å². The molecule has 2 amide bonds. The fraction of sp³-hybridized carbons (Fsp3) is 0.500. The number of rotatable bonds is 8. The van der Waals surface area contributed by atoms with Gasteiger partial charge in [0.2, 0.25) is 0 Å². The van der Waals surface area contributed by atoms with Crippen LogP contribution in [0.5, 0.6) is 0 Å². The quantitative estimate of drug-likeness (QED) is 0.395. The van der Waals surface area contributed by atoms with Crippen LogP contribution in [-0.4, -0.2) is 61.3 Å². The molecule has 1 saturated heterocycles. The van der Waals surface area contributed by atoms with Crippen molar-refractivity contribution < 1.29 is 28.5 Å². The Hall–Kier alpha value is -2.06. The lowest BCUT2D eigenvalue weighted by molar-refractivity contribution is -0.149. The van der Waals surface area contributed by atoms with Crippen molar-refractivity contribution in [2.75, 3.05) is 20.4 Å². The minimum absolute atomic E-state index is 0.0452. The van der Waals surface area contributed by atoms with E-state index in [9.17, 15) is 9.59 Å². The van der Waals surface area contributed by atoms with E-state index in [0.29, 0.717) is 17.5 Å². The zero-order chi connectivity index (χ0) is 19.6. The average Bonchev–Trinajstić information content (AvgIpc) is 3.07. The molecule has 7 heteroatoms. The fourth-order valence-electron chi connectivity index (χ4n) is 3.47. The molecule has 1 aromatic rings. The van der Waals surface area contributed by atoms with Gasteiger partial charge >= 0.3 is 0 Å². The van der Waals surface area contributed by atoms with Gasteiger partial charge in [0.1, 0.15) is 12.9 Å². The first kappa shape index (κ1) is 19.7. The summed E-state index contributed by atoms with van der Waals surface area (Å²) in [5.74, 6) is -1.36. The smallest absolute Gasteiger partial charge is 0.261 e. The molecule has 1 aromatic carbocycles. The predicted molar refractivity (Wildman–Crippen MR) is 97.2 cm³/mol. The standard InChI is InChI=1S/C20H25NO6/c1-5-16-17(27-20(2,3)26-16)10-13(25-12-24-4)11-21-18(22)14-8-6-7-9-15(14)19(21)23/h5-9,13,16-17H,1,10-12H2,2-4H3/t13-,16+,17-/m0/s1. The predicted octanol–water partition coefficient (Wildman–Crippen LogP) is 2.37. The molecule has 0 spiro atoms. The van der Waals surface area contributed by atoms with Crippen LogP contribution >= 0.6 is 0 Å². The summed E-state index contributed by atoms with van der Waals surface area (Å²) < 4.78 is 22.5. The third-order valence-electron chi connectivity index (χ3n) is 4.64. The van der Waals surface area contributed by atoms with Crippen LogP contribution in [0, 0.1) is 0 Å². The summed E-state index contributed by atoms with van der Waals surface area (Å²) in [5.41, 5.74) is 0.831. The number of carbonyl (C=O) groups excluding carboxylic acids is 2. The number of methoxy groups -OCH3 is 1. The Bertz CT molecular complexity index is 696. The van der Waals surface area contributed by atoms with Gasteiger partial charge in [-0.3, -0.25) is 14.5 Å². The lowest BCUT2D eigenvalue weighted by Crippen LogP contribution is -2.41. The Labute approximate surface area is 158 Å². The number of hydrogen-bond acceptors (Lipinski definition) is 6. The average molecular weight is 375 g/mol. The Morgan fingerprint density at radius 1 is 1.22 bits per heavy atom. The molecule has 2 aliphatic heterocycles. The minimum atomic E-state index is -0.731. The van der Waals surface area contributed by atoms with E-state index >= 15 is 0 Å². The van der Waals surface area contributed by atoms with E-state index in [0.717, 1.165) is 0 Å². The van der Waals surface area contributed by atoms with Gasteiger partial charge in [-0.2, -0.15) is 0 Å². The van der Waals surface area contributed by atoms with E-state index < -0.39 is 11.9 Å². The molecule has 27 heavy (non-hydrogen) atoms. The number of ether oxygens (including phenoxy) is 4. The molecule has 7 nitrogen and oxygen atoms in total. The van der Waals surface area contributed by atoms with Crippen molar-refractivity contribution in [3.8, 4) is 0 Å². The van der Waals surface area contributed by atoms with Gasteiger partial charge in [-0.05, 0) is 26.0 Å². The summed E-state index contributed by atoms with van der Waals surface area (Å²) in [5, 5.41) is 0. The third kappa shape index (κ3) is 4.11. The molecule has 0 unspecified atom stereocenters. The second-order valence-electron chi connectivity index (χ2n) is 7.07. The van der Waals surface area contributed by atoms with E-state index in [1.54, 1.807) is 30.3 Å². The highest BCUT2D eigenvalue weighted by molar-refractivity contribution is 6.21. The first-order valence-corrected chi connectivity index (χ1v) is 8.90. The third-order valence-corrected chi connectivity index (χ3v) is 4.64. The maximum atomic E-state index is 12.6. The number of carbonyl (C=O) groups is 2. The minimum Gasteiger partial charge on any atom is -0.359 e. The van der Waals surface area contributed by atoms with Gasteiger partial charge in [-0.15, -0.1) is 6.58 Å². The van der Waals surface area contributed by atoms with Crippen molar-refractivity contribution in [2.45, 2.75) is 44.4 Å². The summed E-state index contributed by atoms with van der Waals surface area (Å²) in [6, 6.07) is 6.80. The van der Waals surface area contributed by atoms with E-state index in [-0.39, 0.29) is 37.4 Å². The molecule has 3 rings (SSSR count). The van der Waals surface area contributed by atoms with Crippen LogP contribution < -0.4 is 0 Å². The van der Waals surface area contributed by atoms with Crippen LogP contribution in [0.4, 0.5) is 0 Å². The van der Waals surface area contributed by atoms with Crippen molar-refractivity contribution in [3.63, 3.8) is 0 Å². The first-order valence-electron chi connectivity index (χ1n) is 8.90. The highest BCUT2D eigenvalue weighted by Crippen LogP contribution is 2.32. The fourth-order valence-corrected chi connectivity index (χ4v) is 3.47. The van der Waals surface area contributed by atoms with Crippen molar-refractivity contribution in [2.24, 2.45) is 0 Å². The molecule has 3 atom stereocenters. The van der Waals surface area contributed by atoms with Gasteiger partial charge in [-0.25, -0.2) is 0 Å². The maximum Gasteiger partial charge on any atom is 0.261 e. The number of benzene rings is 1. The normalized spacial score (nSPS) is 24.9. The van der Waals surface area contributed by atoms with E-state index in [1.807, 2.05) is 13.8 Å². The Kier molecular flexibility index (Phi) is 5.76. The number of fused-ring (bicyclic) bond motifs is 1. The summed E-state index contributed by atoms with van der Waals surface area (Å²) in [6.07, 6.45) is 1.06. The van der Waals surface area contributed by atoms with Gasteiger partial charge in [0, 0.05) is 13.5 Å². The molecule has 0 aliphatic carbocycles. The molecule has 0 saturated carbocycles. The van der Waals surface area contributed by atoms with Gasteiger partial charge in [0.25, 0.3) is 11.8 Å². The van der Waals surface area contributed by atoms with E-state index in [4.69, 9.17) is 18.9 Å². The second-order valence-corrected chi connectivity index (χ2v) is 7.07. The lowest BCUT2D eigenvalue weighted by Gasteiger charge is -2.26. The number of nitrogens with zero attached hydrogens (tertiary/aromatic N) is 1. The van der Waals surface area contributed by atoms with Crippen molar-refractivity contribution >= 4 is 11.8 Å². The zero-order valence-electron chi connectivity index (χ0n) is 15.8. The molecular formula is C20H25NO6. The van der Waals surface area contributed by atoms with Crippen molar-refractivity contribution in [3.05, 3.63) is 48.0 Å². The van der Waals surface area contributed by atoms with Crippen molar-refractivity contribution in [1.29, 1.82) is 0 Å². The molecule has 2 heterocycles. The van der Waals surface area contributed by atoms with E-state index in [2.05, 4.69) is 6.58 Å². The number of imide groups is 1. The van der Waals surface area contributed by atoms with Gasteiger partial charge in [0.05, 0.1) is 29.9 Å². The molecule has 0 N–H and O–H groups in total. The van der Waals surface area contributed by atoms with Gasteiger partial charge in [-0.1, -0.05) is 18.2 Å². The summed E-state index contributed by atoms with van der Waals surface area (Å²) >= 11 is 0. The van der Waals surface area contributed by atoms with Crippen LogP contribution in [0.2, 0.25) is 0 Å². The monoisotopic (exact) mass is 375 g/mol. The van der Waals surface area contributed by atoms with Crippen LogP contribution in [0.15, 0.2) is 36.9 Å². The Morgan fingerprint density at radius 3 is 2.41 bits per heavy atom. The Balaban J connectivity index is 1.73. The molecule has 2 aliphatic rings. The topological polar surface area (TPSA) is 74.3 Å². The van der Waals surface area contributed by atoms with Crippen LogP contribution in [-0.2, 0) is 18.9 Å². The second kappa shape index (κ2) is 7.90. The Morgan fingerprint density at radius 2 is 1.85 bits per heavy atom. The molecule has 0 bridgehead atoms. The van der Waals surface area contributed by atoms with Crippen LogP contribution in [0.25, 0.3) is 0 Å². The van der Waals surface area contributed by atoms with Crippen molar-refractivity contribution in [1.82, 2.24) is 4.90 Å². The molecule has 0 radical (unpaired) electrons. The highest BCUT2D eigenvalue weighted by Gasteiger charge is 2.42. The molecule has 0 aromatic heterocycles. The van der Waals surface area contributed by atoms with Crippen LogP contribution in [0.1, 0.15) is 41.0 Å². The van der Waals surface area contributed by atoms with Crippen LogP contribution in [0.3, 0.4) is 0 Å². The summed E-state index contributed by atoms with van der Waals surface area (Å²) in [7, 11) is 1.52. The summed E-state index contributed by atoms with van der Waals surface area (Å²) in [6.45, 7) is 7.61. The largest absolute Gasteiger partial charge is 0.359 e. The number of hydrogen-bond donors (Lipinski definition) is 0. The summed E-state index contributed by atoms with van der Waals surface area (Å²) in [4.78, 5) is 26.5. The SMILES string of the molecule is C=C[C@H]1OC(C)(C)O[C@H]1C[C@@H](CN1C(=O)c2ccccc2C1=O)OCOC. The number of amides is 2. The van der Waals surface area contributed by atoms with Gasteiger partial charge in [0.15, 0.2) is 5.79 Å². The maximum absolute atomic E-state index is 12.6. The highest BCUT2D eigenvalue weighted by atomic mass is 16.8. The first-order chi connectivity index (χ1) is 12.9. The molecule has 1 fully saturated rings. The molecular weight excluding hydrogens is 350 g/mol.